The van der Waals surface area contributed by atoms with Gasteiger partial charge in [-0.05, 0) is 36.6 Å². The molecule has 0 bridgehead atoms. The van der Waals surface area contributed by atoms with Crippen LogP contribution in [-0.4, -0.2) is 6.04 Å². The van der Waals surface area contributed by atoms with Gasteiger partial charge in [-0.25, -0.2) is 4.39 Å². The molecule has 0 saturated heterocycles. The van der Waals surface area contributed by atoms with Gasteiger partial charge in [-0.1, -0.05) is 42.5 Å². The molecule has 0 amide bonds. The van der Waals surface area contributed by atoms with E-state index in [9.17, 15) is 4.39 Å². The lowest BCUT2D eigenvalue weighted by atomic mass is 9.86. The molecule has 0 spiro atoms. The Morgan fingerprint density at radius 3 is 2.06 bits per heavy atom. The van der Waals surface area contributed by atoms with Crippen molar-refractivity contribution in [1.29, 1.82) is 0 Å². The standard InChI is InChI=1S/C16H18FN/c1-12(18)11-16(13-5-3-2-4-6-13)14-7-9-15(17)10-8-14/h2-10,12,16H,11,18H2,1H3/t12-,16?/m0/s1. The van der Waals surface area contributed by atoms with E-state index < -0.39 is 0 Å². The van der Waals surface area contributed by atoms with E-state index in [-0.39, 0.29) is 17.8 Å². The Labute approximate surface area is 107 Å². The van der Waals surface area contributed by atoms with Gasteiger partial charge in [0.05, 0.1) is 0 Å². The highest BCUT2D eigenvalue weighted by atomic mass is 19.1. The highest BCUT2D eigenvalue weighted by Gasteiger charge is 2.15. The largest absolute Gasteiger partial charge is 0.328 e. The van der Waals surface area contributed by atoms with Crippen LogP contribution in [0.25, 0.3) is 0 Å². The van der Waals surface area contributed by atoms with Crippen LogP contribution in [0.15, 0.2) is 54.6 Å². The molecule has 0 aromatic heterocycles. The number of hydrogen-bond acceptors (Lipinski definition) is 1. The second-order valence-corrected chi connectivity index (χ2v) is 4.73. The molecule has 2 aromatic rings. The van der Waals surface area contributed by atoms with Gasteiger partial charge < -0.3 is 5.73 Å². The fourth-order valence-electron chi connectivity index (χ4n) is 2.22. The zero-order valence-corrected chi connectivity index (χ0v) is 10.5. The van der Waals surface area contributed by atoms with Crippen LogP contribution >= 0.6 is 0 Å². The summed E-state index contributed by atoms with van der Waals surface area (Å²) >= 11 is 0. The molecule has 1 nitrogen and oxygen atoms in total. The third kappa shape index (κ3) is 3.17. The predicted octanol–water partition coefficient (Wildman–Crippen LogP) is 3.69. The van der Waals surface area contributed by atoms with Crippen molar-refractivity contribution < 1.29 is 4.39 Å². The van der Waals surface area contributed by atoms with Crippen molar-refractivity contribution in [2.75, 3.05) is 0 Å². The lowest BCUT2D eigenvalue weighted by Gasteiger charge is -2.20. The van der Waals surface area contributed by atoms with Crippen LogP contribution in [-0.2, 0) is 0 Å². The van der Waals surface area contributed by atoms with Gasteiger partial charge in [0, 0.05) is 12.0 Å². The second kappa shape index (κ2) is 5.78. The molecule has 2 N–H and O–H groups in total. The van der Waals surface area contributed by atoms with Gasteiger partial charge in [0.15, 0.2) is 0 Å². The summed E-state index contributed by atoms with van der Waals surface area (Å²) < 4.78 is 13.0. The molecule has 0 fully saturated rings. The molecule has 0 aliphatic heterocycles. The Morgan fingerprint density at radius 2 is 1.50 bits per heavy atom. The Kier molecular flexibility index (Phi) is 4.11. The van der Waals surface area contributed by atoms with Crippen molar-refractivity contribution in [2.24, 2.45) is 5.73 Å². The zero-order valence-electron chi connectivity index (χ0n) is 10.5. The summed E-state index contributed by atoms with van der Waals surface area (Å²) in [5, 5.41) is 0. The van der Waals surface area contributed by atoms with E-state index in [0.717, 1.165) is 12.0 Å². The third-order valence-corrected chi connectivity index (χ3v) is 3.08. The first kappa shape index (κ1) is 12.8. The summed E-state index contributed by atoms with van der Waals surface area (Å²) in [5.74, 6) is 0.0261. The molecule has 94 valence electrons. The Balaban J connectivity index is 2.33. The summed E-state index contributed by atoms with van der Waals surface area (Å²) in [6.07, 6.45) is 0.857. The molecule has 2 heteroatoms. The summed E-state index contributed by atoms with van der Waals surface area (Å²) in [4.78, 5) is 0. The summed E-state index contributed by atoms with van der Waals surface area (Å²) in [7, 11) is 0. The average molecular weight is 243 g/mol. The predicted molar refractivity (Wildman–Crippen MR) is 73.0 cm³/mol. The summed E-state index contributed by atoms with van der Waals surface area (Å²) in [6, 6.07) is 17.0. The molecule has 0 radical (unpaired) electrons. The smallest absolute Gasteiger partial charge is 0.123 e. The van der Waals surface area contributed by atoms with Gasteiger partial charge in [-0.3, -0.25) is 0 Å². The van der Waals surface area contributed by atoms with Crippen molar-refractivity contribution >= 4 is 0 Å². The molecule has 18 heavy (non-hydrogen) atoms. The first-order valence-electron chi connectivity index (χ1n) is 6.23. The average Bonchev–Trinajstić information content (AvgIpc) is 2.38. The van der Waals surface area contributed by atoms with Gasteiger partial charge in [0.2, 0.25) is 0 Å². The van der Waals surface area contributed by atoms with Crippen LogP contribution in [0.3, 0.4) is 0 Å². The fraction of sp³-hybridized carbons (Fsp3) is 0.250. The van der Waals surface area contributed by atoms with Gasteiger partial charge in [0.25, 0.3) is 0 Å². The van der Waals surface area contributed by atoms with Crippen LogP contribution in [0.5, 0.6) is 0 Å². The second-order valence-electron chi connectivity index (χ2n) is 4.73. The third-order valence-electron chi connectivity index (χ3n) is 3.08. The minimum atomic E-state index is -0.202. The Bertz CT molecular complexity index is 476. The van der Waals surface area contributed by atoms with Crippen molar-refractivity contribution in [2.45, 2.75) is 25.3 Å². The number of benzene rings is 2. The highest BCUT2D eigenvalue weighted by molar-refractivity contribution is 5.32. The lowest BCUT2D eigenvalue weighted by molar-refractivity contribution is 0.602. The van der Waals surface area contributed by atoms with E-state index in [1.165, 1.54) is 17.7 Å². The maximum Gasteiger partial charge on any atom is 0.123 e. The number of hydrogen-bond donors (Lipinski definition) is 1. The number of nitrogens with two attached hydrogens (primary N) is 1. The number of halogens is 1. The molecule has 0 heterocycles. The highest BCUT2D eigenvalue weighted by Crippen LogP contribution is 2.28. The van der Waals surface area contributed by atoms with Crippen molar-refractivity contribution in [3.8, 4) is 0 Å². The Hall–Kier alpha value is -1.67. The van der Waals surface area contributed by atoms with E-state index in [0.29, 0.717) is 0 Å². The molecule has 2 aromatic carbocycles. The van der Waals surface area contributed by atoms with E-state index in [1.807, 2.05) is 37.3 Å². The normalized spacial score (nSPS) is 14.2. The summed E-state index contributed by atoms with van der Waals surface area (Å²) in [6.45, 7) is 2.00. The minimum Gasteiger partial charge on any atom is -0.328 e. The SMILES string of the molecule is C[C@H](N)CC(c1ccccc1)c1ccc(F)cc1. The van der Waals surface area contributed by atoms with Crippen LogP contribution in [0.4, 0.5) is 4.39 Å². The molecule has 0 saturated carbocycles. The van der Waals surface area contributed by atoms with Crippen LogP contribution < -0.4 is 5.73 Å². The van der Waals surface area contributed by atoms with Crippen molar-refractivity contribution in [1.82, 2.24) is 0 Å². The first-order valence-corrected chi connectivity index (χ1v) is 6.23. The first-order chi connectivity index (χ1) is 8.66. The maximum absolute atomic E-state index is 13.0. The van der Waals surface area contributed by atoms with Crippen molar-refractivity contribution in [3.63, 3.8) is 0 Å². The van der Waals surface area contributed by atoms with Gasteiger partial charge in [0.1, 0.15) is 5.82 Å². The van der Waals surface area contributed by atoms with Crippen LogP contribution in [0.2, 0.25) is 0 Å². The topological polar surface area (TPSA) is 26.0 Å². The van der Waals surface area contributed by atoms with Gasteiger partial charge in [-0.15, -0.1) is 0 Å². The van der Waals surface area contributed by atoms with E-state index in [2.05, 4.69) is 12.1 Å². The molecule has 2 rings (SSSR count). The fourth-order valence-corrected chi connectivity index (χ4v) is 2.22. The van der Waals surface area contributed by atoms with E-state index in [1.54, 1.807) is 0 Å². The quantitative estimate of drug-likeness (QED) is 0.870. The molecule has 0 aliphatic rings. The van der Waals surface area contributed by atoms with Crippen molar-refractivity contribution in [3.05, 3.63) is 71.5 Å². The molecular formula is C16H18FN. The van der Waals surface area contributed by atoms with E-state index >= 15 is 0 Å². The lowest BCUT2D eigenvalue weighted by Crippen LogP contribution is -2.19. The number of rotatable bonds is 4. The molecule has 0 aliphatic carbocycles. The minimum absolute atomic E-state index is 0.111. The summed E-state index contributed by atoms with van der Waals surface area (Å²) in [5.41, 5.74) is 8.26. The van der Waals surface area contributed by atoms with Crippen LogP contribution in [0.1, 0.15) is 30.4 Å². The molecule has 1 unspecified atom stereocenters. The zero-order chi connectivity index (χ0) is 13.0. The monoisotopic (exact) mass is 243 g/mol. The molecular weight excluding hydrogens is 225 g/mol. The van der Waals surface area contributed by atoms with E-state index in [4.69, 9.17) is 5.73 Å². The van der Waals surface area contributed by atoms with Gasteiger partial charge in [-0.2, -0.15) is 0 Å². The van der Waals surface area contributed by atoms with Crippen LogP contribution in [0, 0.1) is 5.82 Å². The van der Waals surface area contributed by atoms with Gasteiger partial charge >= 0.3 is 0 Å². The maximum atomic E-state index is 13.0. The Morgan fingerprint density at radius 1 is 0.944 bits per heavy atom. The molecule has 2 atom stereocenters.